The smallest absolute Gasteiger partial charge is 0.185 e. The highest BCUT2D eigenvalue weighted by molar-refractivity contribution is 6.33. The Morgan fingerprint density at radius 3 is 2.25 bits per heavy atom. The monoisotopic (exact) mass is 286 g/mol. The van der Waals surface area contributed by atoms with Crippen LogP contribution < -0.4 is 0 Å². The van der Waals surface area contributed by atoms with E-state index in [0.29, 0.717) is 10.6 Å². The Morgan fingerprint density at radius 2 is 1.60 bits per heavy atom. The fourth-order valence-electron chi connectivity index (χ4n) is 1.62. The third-order valence-electron chi connectivity index (χ3n) is 2.63. The van der Waals surface area contributed by atoms with Crippen LogP contribution in [0.1, 0.15) is 15.9 Å². The number of rotatable bonds is 4. The molecule has 2 aromatic carbocycles. The van der Waals surface area contributed by atoms with Crippen molar-refractivity contribution in [1.82, 2.24) is 0 Å². The lowest BCUT2D eigenvalue weighted by Crippen LogP contribution is -1.93. The largest absolute Gasteiger partial charge is 0.289 e. The Labute approximate surface area is 122 Å². The molecule has 0 atom stereocenters. The SMILES string of the molecule is O=C(/C=C/C(Cl)=C/c1ccccc1)c1ccc(F)cc1. The van der Waals surface area contributed by atoms with E-state index in [9.17, 15) is 9.18 Å². The lowest BCUT2D eigenvalue weighted by molar-refractivity contribution is 0.104. The Kier molecular flexibility index (Phi) is 4.85. The van der Waals surface area contributed by atoms with Crippen LogP contribution in [0, 0.1) is 5.82 Å². The average molecular weight is 287 g/mol. The molecular formula is C17H12ClFO. The molecule has 0 aliphatic rings. The van der Waals surface area contributed by atoms with Gasteiger partial charge in [-0.25, -0.2) is 4.39 Å². The minimum atomic E-state index is -0.368. The summed E-state index contributed by atoms with van der Waals surface area (Å²) in [6.07, 6.45) is 4.66. The Balaban J connectivity index is 2.07. The van der Waals surface area contributed by atoms with Crippen molar-refractivity contribution >= 4 is 23.5 Å². The van der Waals surface area contributed by atoms with Crippen molar-refractivity contribution in [2.75, 3.05) is 0 Å². The third kappa shape index (κ3) is 4.18. The first-order valence-electron chi connectivity index (χ1n) is 6.05. The van der Waals surface area contributed by atoms with Crippen LogP contribution in [-0.4, -0.2) is 5.78 Å². The predicted octanol–water partition coefficient (Wildman–Crippen LogP) is 4.84. The highest BCUT2D eigenvalue weighted by Crippen LogP contribution is 2.12. The van der Waals surface area contributed by atoms with Crippen molar-refractivity contribution in [2.24, 2.45) is 0 Å². The standard InChI is InChI=1S/C17H12ClFO/c18-15(12-13-4-2-1-3-5-13)8-11-17(20)14-6-9-16(19)10-7-14/h1-12H/b11-8+,15-12-. The quantitative estimate of drug-likeness (QED) is 0.446. The van der Waals surface area contributed by atoms with Gasteiger partial charge < -0.3 is 0 Å². The molecule has 0 saturated heterocycles. The molecule has 1 nitrogen and oxygen atoms in total. The summed E-state index contributed by atoms with van der Waals surface area (Å²) in [6, 6.07) is 14.9. The second-order valence-corrected chi connectivity index (χ2v) is 4.58. The van der Waals surface area contributed by atoms with Crippen LogP contribution in [0.3, 0.4) is 0 Å². The maximum Gasteiger partial charge on any atom is 0.185 e. The Morgan fingerprint density at radius 1 is 0.950 bits per heavy atom. The molecule has 0 bridgehead atoms. The van der Waals surface area contributed by atoms with Crippen molar-refractivity contribution in [3.63, 3.8) is 0 Å². The normalized spacial score (nSPS) is 11.8. The van der Waals surface area contributed by atoms with Gasteiger partial charge in [0.25, 0.3) is 0 Å². The first kappa shape index (κ1) is 14.2. The summed E-state index contributed by atoms with van der Waals surface area (Å²) >= 11 is 6.03. The van der Waals surface area contributed by atoms with E-state index in [0.717, 1.165) is 5.56 Å². The molecule has 2 aromatic rings. The van der Waals surface area contributed by atoms with Crippen LogP contribution in [0.25, 0.3) is 6.08 Å². The lowest BCUT2D eigenvalue weighted by atomic mass is 10.1. The van der Waals surface area contributed by atoms with Gasteiger partial charge in [0, 0.05) is 10.6 Å². The topological polar surface area (TPSA) is 17.1 Å². The minimum Gasteiger partial charge on any atom is -0.289 e. The molecule has 0 heterocycles. The number of halogens is 2. The van der Waals surface area contributed by atoms with E-state index in [-0.39, 0.29) is 11.6 Å². The molecule has 0 saturated carbocycles. The van der Waals surface area contributed by atoms with Crippen LogP contribution in [0.2, 0.25) is 0 Å². The van der Waals surface area contributed by atoms with Gasteiger partial charge in [0.15, 0.2) is 5.78 Å². The van der Waals surface area contributed by atoms with E-state index in [2.05, 4.69) is 0 Å². The first-order valence-corrected chi connectivity index (χ1v) is 6.43. The highest BCUT2D eigenvalue weighted by atomic mass is 35.5. The van der Waals surface area contributed by atoms with Crippen LogP contribution in [0.15, 0.2) is 71.8 Å². The summed E-state index contributed by atoms with van der Waals surface area (Å²) in [5.74, 6) is -0.586. The molecule has 3 heteroatoms. The van der Waals surface area contributed by atoms with Gasteiger partial charge >= 0.3 is 0 Å². The number of hydrogen-bond donors (Lipinski definition) is 0. The maximum atomic E-state index is 12.7. The zero-order valence-electron chi connectivity index (χ0n) is 10.6. The predicted molar refractivity (Wildman–Crippen MR) is 80.1 cm³/mol. The third-order valence-corrected chi connectivity index (χ3v) is 2.86. The van der Waals surface area contributed by atoms with Gasteiger partial charge in [-0.1, -0.05) is 41.9 Å². The molecule has 2 rings (SSSR count). The van der Waals surface area contributed by atoms with Crippen molar-refractivity contribution in [1.29, 1.82) is 0 Å². The van der Waals surface area contributed by atoms with Gasteiger partial charge in [-0.3, -0.25) is 4.79 Å². The summed E-state index contributed by atoms with van der Waals surface area (Å²) in [7, 11) is 0. The van der Waals surface area contributed by atoms with Gasteiger partial charge in [0.1, 0.15) is 5.82 Å². The first-order chi connectivity index (χ1) is 9.65. The van der Waals surface area contributed by atoms with Gasteiger partial charge in [-0.15, -0.1) is 0 Å². The molecule has 0 radical (unpaired) electrons. The fraction of sp³-hybridized carbons (Fsp3) is 0. The molecule has 0 unspecified atom stereocenters. The summed E-state index contributed by atoms with van der Waals surface area (Å²) < 4.78 is 12.7. The number of ketones is 1. The van der Waals surface area contributed by atoms with Crippen molar-refractivity contribution in [2.45, 2.75) is 0 Å². The van der Waals surface area contributed by atoms with Gasteiger partial charge in [-0.05, 0) is 48.1 Å². The van der Waals surface area contributed by atoms with Gasteiger partial charge in [-0.2, -0.15) is 0 Å². The minimum absolute atomic E-state index is 0.218. The molecule has 0 amide bonds. The molecule has 0 N–H and O–H groups in total. The zero-order valence-corrected chi connectivity index (χ0v) is 11.3. The summed E-state index contributed by atoms with van der Waals surface area (Å²) in [6.45, 7) is 0. The number of benzene rings is 2. The number of hydrogen-bond acceptors (Lipinski definition) is 1. The molecule has 0 fully saturated rings. The molecule has 0 aromatic heterocycles. The highest BCUT2D eigenvalue weighted by Gasteiger charge is 2.01. The summed E-state index contributed by atoms with van der Waals surface area (Å²) in [5.41, 5.74) is 1.38. The van der Waals surface area contributed by atoms with Crippen molar-refractivity contribution in [3.05, 3.63) is 88.7 Å². The van der Waals surface area contributed by atoms with E-state index in [1.807, 2.05) is 30.3 Å². The molecule has 0 aliphatic heterocycles. The van der Waals surface area contributed by atoms with E-state index in [1.165, 1.54) is 36.4 Å². The zero-order chi connectivity index (χ0) is 14.4. The molecule has 100 valence electrons. The molecule has 0 spiro atoms. The Hall–Kier alpha value is -2.19. The maximum absolute atomic E-state index is 12.7. The second kappa shape index (κ2) is 6.83. The van der Waals surface area contributed by atoms with E-state index in [4.69, 9.17) is 11.6 Å². The van der Waals surface area contributed by atoms with E-state index in [1.54, 1.807) is 6.08 Å². The summed E-state index contributed by atoms with van der Waals surface area (Å²) in [4.78, 5) is 11.8. The number of carbonyl (C=O) groups is 1. The van der Waals surface area contributed by atoms with Crippen LogP contribution in [0.4, 0.5) is 4.39 Å². The summed E-state index contributed by atoms with van der Waals surface area (Å²) in [5, 5.41) is 0.451. The molecule has 0 aliphatic carbocycles. The van der Waals surface area contributed by atoms with Crippen molar-refractivity contribution < 1.29 is 9.18 Å². The molecular weight excluding hydrogens is 275 g/mol. The van der Waals surface area contributed by atoms with Crippen LogP contribution in [0.5, 0.6) is 0 Å². The van der Waals surface area contributed by atoms with Crippen LogP contribution in [-0.2, 0) is 0 Å². The number of carbonyl (C=O) groups excluding carboxylic acids is 1. The molecule has 20 heavy (non-hydrogen) atoms. The number of allylic oxidation sites excluding steroid dienone is 3. The lowest BCUT2D eigenvalue weighted by Gasteiger charge is -1.96. The van der Waals surface area contributed by atoms with Gasteiger partial charge in [0.05, 0.1) is 0 Å². The van der Waals surface area contributed by atoms with E-state index < -0.39 is 0 Å². The average Bonchev–Trinajstić information content (AvgIpc) is 2.46. The van der Waals surface area contributed by atoms with E-state index >= 15 is 0 Å². The fourth-order valence-corrected chi connectivity index (χ4v) is 1.81. The second-order valence-electron chi connectivity index (χ2n) is 4.14. The van der Waals surface area contributed by atoms with Crippen molar-refractivity contribution in [3.8, 4) is 0 Å². The van der Waals surface area contributed by atoms with Gasteiger partial charge in [0.2, 0.25) is 0 Å². The Bertz CT molecular complexity index is 642. The van der Waals surface area contributed by atoms with Crippen LogP contribution >= 0.6 is 11.6 Å².